The Hall–Kier alpha value is -1.25. The molecule has 0 fully saturated rings. The van der Waals surface area contributed by atoms with E-state index in [2.05, 4.69) is 74.6 Å². The highest BCUT2D eigenvalue weighted by Crippen LogP contribution is 2.27. The average Bonchev–Trinajstić information content (AvgIpc) is 2.51. The lowest BCUT2D eigenvalue weighted by Gasteiger charge is -2.21. The van der Waals surface area contributed by atoms with Crippen LogP contribution in [0.15, 0.2) is 53.4 Å². The summed E-state index contributed by atoms with van der Waals surface area (Å²) in [5, 5.41) is 3.69. The zero-order chi connectivity index (χ0) is 15.1. The molecule has 0 saturated heterocycles. The van der Waals surface area contributed by atoms with Crippen LogP contribution in [0.3, 0.4) is 0 Å². The van der Waals surface area contributed by atoms with Crippen LogP contribution >= 0.6 is 11.8 Å². The van der Waals surface area contributed by atoms with E-state index in [0.29, 0.717) is 0 Å². The molecule has 0 heterocycles. The second kappa shape index (κ2) is 8.26. The largest absolute Gasteiger partial charge is 0.306 e. The molecule has 0 aliphatic heterocycles. The number of hydrogen-bond acceptors (Lipinski definition) is 2. The zero-order valence-corrected chi connectivity index (χ0v) is 14.0. The molecule has 0 spiro atoms. The molecule has 0 bridgehead atoms. The fourth-order valence-electron chi connectivity index (χ4n) is 2.53. The molecule has 0 aliphatic rings. The number of hydrogen-bond donors (Lipinski definition) is 1. The minimum atomic E-state index is 0.284. The number of aryl methyl sites for hydroxylation is 1. The number of nitrogens with one attached hydrogen (secondary N) is 1. The minimum absolute atomic E-state index is 0.284. The van der Waals surface area contributed by atoms with Crippen molar-refractivity contribution in [2.45, 2.75) is 38.1 Å². The van der Waals surface area contributed by atoms with Crippen molar-refractivity contribution >= 4 is 11.8 Å². The molecule has 112 valence electrons. The smallest absolute Gasteiger partial charge is 0.0579 e. The number of rotatable bonds is 7. The van der Waals surface area contributed by atoms with E-state index >= 15 is 0 Å². The van der Waals surface area contributed by atoms with Crippen molar-refractivity contribution in [2.75, 3.05) is 12.3 Å². The first kappa shape index (κ1) is 16.1. The van der Waals surface area contributed by atoms with Crippen molar-refractivity contribution in [3.05, 3.63) is 65.2 Å². The Kier molecular flexibility index (Phi) is 6.34. The number of thioether (sulfide) groups is 1. The Morgan fingerprint density at radius 3 is 2.33 bits per heavy atom. The molecule has 2 aromatic carbocycles. The molecule has 1 nitrogen and oxygen atoms in total. The summed E-state index contributed by atoms with van der Waals surface area (Å²) in [6, 6.07) is 17.9. The summed E-state index contributed by atoms with van der Waals surface area (Å²) in [5.74, 6) is 1.12. The highest BCUT2D eigenvalue weighted by atomic mass is 32.2. The van der Waals surface area contributed by atoms with Gasteiger partial charge in [-0.1, -0.05) is 50.2 Å². The summed E-state index contributed by atoms with van der Waals surface area (Å²) in [6.45, 7) is 7.63. The molecular formula is C19H25NS. The van der Waals surface area contributed by atoms with Crippen LogP contribution in [0, 0.1) is 6.92 Å². The van der Waals surface area contributed by atoms with Gasteiger partial charge in [-0.2, -0.15) is 0 Å². The summed E-state index contributed by atoms with van der Waals surface area (Å²) in [6.07, 6.45) is 1.14. The van der Waals surface area contributed by atoms with Crippen LogP contribution in [0.1, 0.15) is 43.0 Å². The molecule has 2 rings (SSSR count). The fraction of sp³-hybridized carbons (Fsp3) is 0.368. The van der Waals surface area contributed by atoms with Gasteiger partial charge < -0.3 is 5.32 Å². The van der Waals surface area contributed by atoms with Crippen LogP contribution in [0.25, 0.3) is 0 Å². The average molecular weight is 299 g/mol. The molecule has 1 atom stereocenters. The highest BCUT2D eigenvalue weighted by Gasteiger charge is 2.14. The predicted molar refractivity (Wildman–Crippen MR) is 94.2 cm³/mol. The molecule has 1 N–H and O–H groups in total. The van der Waals surface area contributed by atoms with Crippen molar-refractivity contribution in [1.29, 1.82) is 0 Å². The Bertz CT molecular complexity index is 548. The van der Waals surface area contributed by atoms with Crippen molar-refractivity contribution in [2.24, 2.45) is 0 Å². The van der Waals surface area contributed by atoms with Gasteiger partial charge in [-0.05, 0) is 54.5 Å². The van der Waals surface area contributed by atoms with E-state index in [-0.39, 0.29) is 6.04 Å². The summed E-state index contributed by atoms with van der Waals surface area (Å²) in [4.78, 5) is 1.35. The SMILES string of the molecule is CCCNC(c1ccc(SCC)cc1)c1ccccc1C. The van der Waals surface area contributed by atoms with Crippen molar-refractivity contribution in [3.8, 4) is 0 Å². The monoisotopic (exact) mass is 299 g/mol. The van der Waals surface area contributed by atoms with Gasteiger partial charge >= 0.3 is 0 Å². The molecule has 0 radical (unpaired) electrons. The first-order valence-corrected chi connectivity index (χ1v) is 8.76. The molecular weight excluding hydrogens is 274 g/mol. The van der Waals surface area contributed by atoms with Gasteiger partial charge in [-0.3, -0.25) is 0 Å². The van der Waals surface area contributed by atoms with E-state index in [1.807, 2.05) is 11.8 Å². The van der Waals surface area contributed by atoms with Gasteiger partial charge in [-0.25, -0.2) is 0 Å². The predicted octanol–water partition coefficient (Wildman–Crippen LogP) is 5.20. The van der Waals surface area contributed by atoms with E-state index in [4.69, 9.17) is 0 Å². The number of benzene rings is 2. The third kappa shape index (κ3) is 4.36. The topological polar surface area (TPSA) is 12.0 Å². The molecule has 0 aromatic heterocycles. The van der Waals surface area contributed by atoms with Crippen LogP contribution in [-0.2, 0) is 0 Å². The summed E-state index contributed by atoms with van der Waals surface area (Å²) >= 11 is 1.89. The first-order valence-electron chi connectivity index (χ1n) is 7.78. The quantitative estimate of drug-likeness (QED) is 0.706. The standard InChI is InChI=1S/C19H25NS/c1-4-14-20-19(18-9-7-6-8-15(18)3)16-10-12-17(13-11-16)21-5-2/h6-13,19-20H,4-5,14H2,1-3H3. The van der Waals surface area contributed by atoms with Gasteiger partial charge in [0.05, 0.1) is 6.04 Å². The zero-order valence-electron chi connectivity index (χ0n) is 13.2. The van der Waals surface area contributed by atoms with Gasteiger partial charge in [0.1, 0.15) is 0 Å². The van der Waals surface area contributed by atoms with E-state index in [9.17, 15) is 0 Å². The Labute approximate surface area is 133 Å². The van der Waals surface area contributed by atoms with Crippen LogP contribution in [-0.4, -0.2) is 12.3 Å². The molecule has 0 amide bonds. The molecule has 21 heavy (non-hydrogen) atoms. The third-order valence-corrected chi connectivity index (χ3v) is 4.52. The maximum atomic E-state index is 3.69. The second-order valence-electron chi connectivity index (χ2n) is 5.25. The molecule has 2 aromatic rings. The van der Waals surface area contributed by atoms with Gasteiger partial charge in [0.25, 0.3) is 0 Å². The lowest BCUT2D eigenvalue weighted by atomic mass is 9.95. The lowest BCUT2D eigenvalue weighted by Crippen LogP contribution is -2.23. The van der Waals surface area contributed by atoms with Crippen molar-refractivity contribution in [3.63, 3.8) is 0 Å². The summed E-state index contributed by atoms with van der Waals surface area (Å²) in [5.41, 5.74) is 4.07. The molecule has 0 aliphatic carbocycles. The van der Waals surface area contributed by atoms with Gasteiger partial charge in [0.15, 0.2) is 0 Å². The Morgan fingerprint density at radius 1 is 1.00 bits per heavy atom. The van der Waals surface area contributed by atoms with E-state index in [0.717, 1.165) is 18.7 Å². The highest BCUT2D eigenvalue weighted by molar-refractivity contribution is 7.99. The molecule has 0 saturated carbocycles. The van der Waals surface area contributed by atoms with Gasteiger partial charge in [0, 0.05) is 4.90 Å². The van der Waals surface area contributed by atoms with Gasteiger partial charge in [-0.15, -0.1) is 11.8 Å². The normalized spacial score (nSPS) is 12.3. The Morgan fingerprint density at radius 2 is 1.71 bits per heavy atom. The summed E-state index contributed by atoms with van der Waals surface area (Å²) in [7, 11) is 0. The second-order valence-corrected chi connectivity index (χ2v) is 6.58. The first-order chi connectivity index (χ1) is 10.3. The van der Waals surface area contributed by atoms with Crippen molar-refractivity contribution in [1.82, 2.24) is 5.32 Å². The van der Waals surface area contributed by atoms with Crippen LogP contribution in [0.4, 0.5) is 0 Å². The van der Waals surface area contributed by atoms with Gasteiger partial charge in [0.2, 0.25) is 0 Å². The molecule has 1 unspecified atom stereocenters. The van der Waals surface area contributed by atoms with Crippen molar-refractivity contribution < 1.29 is 0 Å². The fourth-order valence-corrected chi connectivity index (χ4v) is 3.19. The van der Waals surface area contributed by atoms with Crippen LogP contribution < -0.4 is 5.32 Å². The maximum Gasteiger partial charge on any atom is 0.0579 e. The third-order valence-electron chi connectivity index (χ3n) is 3.62. The van der Waals surface area contributed by atoms with E-state index in [1.54, 1.807) is 0 Å². The van der Waals surface area contributed by atoms with Crippen LogP contribution in [0.2, 0.25) is 0 Å². The maximum absolute atomic E-state index is 3.69. The Balaban J connectivity index is 2.29. The molecule has 2 heteroatoms. The minimum Gasteiger partial charge on any atom is -0.306 e. The van der Waals surface area contributed by atoms with Crippen LogP contribution in [0.5, 0.6) is 0 Å². The van der Waals surface area contributed by atoms with E-state index < -0.39 is 0 Å². The van der Waals surface area contributed by atoms with E-state index in [1.165, 1.54) is 21.6 Å². The summed E-state index contributed by atoms with van der Waals surface area (Å²) < 4.78 is 0. The lowest BCUT2D eigenvalue weighted by molar-refractivity contribution is 0.596.